The van der Waals surface area contributed by atoms with Crippen LogP contribution < -0.4 is 0 Å². The van der Waals surface area contributed by atoms with E-state index in [4.69, 9.17) is 33.4 Å². The van der Waals surface area contributed by atoms with E-state index in [2.05, 4.69) is 0 Å². The average Bonchev–Trinajstić information content (AvgIpc) is 2.53. The van der Waals surface area contributed by atoms with Gasteiger partial charge in [-0.15, -0.1) is 0 Å². The van der Waals surface area contributed by atoms with E-state index < -0.39 is 21.8 Å². The third-order valence-corrected chi connectivity index (χ3v) is 6.49. The number of carbonyl (C=O) groups is 2. The number of carboxylic acid groups (broad SMARTS) is 2. The third kappa shape index (κ3) is 7.62. The molecular formula is C19H25Cl2NO6S. The minimum Gasteiger partial charge on any atom is -0.478 e. The fourth-order valence-electron chi connectivity index (χ4n) is 3.41. The number of sulfone groups is 1. The van der Waals surface area contributed by atoms with E-state index in [-0.39, 0.29) is 17.2 Å². The molecular weight excluding hydrogens is 441 g/mol. The second kappa shape index (κ2) is 10.4. The molecule has 0 amide bonds. The van der Waals surface area contributed by atoms with Crippen LogP contribution in [0.2, 0.25) is 10.0 Å². The van der Waals surface area contributed by atoms with Crippen LogP contribution in [0.4, 0.5) is 0 Å². The Morgan fingerprint density at radius 2 is 1.66 bits per heavy atom. The van der Waals surface area contributed by atoms with E-state index >= 15 is 0 Å². The molecule has 1 atom stereocenters. The molecule has 1 aromatic rings. The van der Waals surface area contributed by atoms with Crippen molar-refractivity contribution in [2.75, 3.05) is 26.1 Å². The Morgan fingerprint density at radius 1 is 1.14 bits per heavy atom. The Kier molecular flexibility index (Phi) is 9.14. The average molecular weight is 466 g/mol. The molecule has 0 radical (unpaired) electrons. The van der Waals surface area contributed by atoms with Gasteiger partial charge in [-0.1, -0.05) is 35.7 Å². The van der Waals surface area contributed by atoms with Gasteiger partial charge in [-0.25, -0.2) is 18.0 Å². The number of hydrogen-bond acceptors (Lipinski definition) is 5. The highest BCUT2D eigenvalue weighted by molar-refractivity contribution is 7.90. The van der Waals surface area contributed by atoms with Gasteiger partial charge in [-0.05, 0) is 44.6 Å². The molecule has 1 saturated carbocycles. The normalized spacial score (nSPS) is 16.6. The van der Waals surface area contributed by atoms with Gasteiger partial charge in [0.25, 0.3) is 0 Å². The molecule has 1 fully saturated rings. The van der Waals surface area contributed by atoms with Crippen molar-refractivity contribution in [2.45, 2.75) is 30.7 Å². The summed E-state index contributed by atoms with van der Waals surface area (Å²) in [6.07, 6.45) is 5.47. The van der Waals surface area contributed by atoms with Crippen LogP contribution in [-0.4, -0.2) is 67.6 Å². The third-order valence-electron chi connectivity index (χ3n) is 4.83. The molecule has 162 valence electrons. The molecule has 1 aromatic carbocycles. The molecule has 1 aliphatic carbocycles. The zero-order chi connectivity index (χ0) is 22.4. The topological polar surface area (TPSA) is 112 Å². The first-order valence-corrected chi connectivity index (χ1v) is 11.5. The van der Waals surface area contributed by atoms with Gasteiger partial charge in [0.05, 0.1) is 15.8 Å². The van der Waals surface area contributed by atoms with Crippen LogP contribution in [0.5, 0.6) is 0 Å². The van der Waals surface area contributed by atoms with E-state index in [1.807, 2.05) is 31.1 Å². The standard InChI is InChI=1S/C15H21Cl2NO2S.C4H4O4/c1-18(2)14(10-21(3,19)20)15(7-4-8-15)11-5-6-12(16)13(17)9-11;5-3(6)1-2-4(7)8/h5-6,9,14H,4,7-8,10H2,1-3H3;1-2H,(H,5,6)(H,7,8)/b;2-1-. The van der Waals surface area contributed by atoms with Crippen LogP contribution in [0.1, 0.15) is 24.8 Å². The van der Waals surface area contributed by atoms with Crippen LogP contribution in [-0.2, 0) is 24.8 Å². The van der Waals surface area contributed by atoms with Gasteiger partial charge in [0.2, 0.25) is 0 Å². The van der Waals surface area contributed by atoms with E-state index in [0.29, 0.717) is 22.2 Å². The number of hydrogen-bond donors (Lipinski definition) is 2. The van der Waals surface area contributed by atoms with Gasteiger partial charge < -0.3 is 15.1 Å². The molecule has 29 heavy (non-hydrogen) atoms. The predicted molar refractivity (Wildman–Crippen MR) is 114 cm³/mol. The van der Waals surface area contributed by atoms with Gasteiger partial charge in [-0.2, -0.15) is 0 Å². The van der Waals surface area contributed by atoms with Crippen molar-refractivity contribution < 1.29 is 28.2 Å². The van der Waals surface area contributed by atoms with Crippen LogP contribution in [0.15, 0.2) is 30.4 Å². The lowest BCUT2D eigenvalue weighted by molar-refractivity contribution is -0.134. The van der Waals surface area contributed by atoms with Crippen LogP contribution in [0.3, 0.4) is 0 Å². The van der Waals surface area contributed by atoms with E-state index in [0.717, 1.165) is 24.8 Å². The number of benzene rings is 1. The lowest BCUT2D eigenvalue weighted by Crippen LogP contribution is -2.55. The maximum Gasteiger partial charge on any atom is 0.328 e. The molecule has 1 aliphatic rings. The Bertz CT molecular complexity index is 863. The Balaban J connectivity index is 0.000000447. The molecule has 0 aliphatic heterocycles. The van der Waals surface area contributed by atoms with Crippen LogP contribution >= 0.6 is 23.2 Å². The molecule has 0 bridgehead atoms. The highest BCUT2D eigenvalue weighted by Crippen LogP contribution is 2.49. The van der Waals surface area contributed by atoms with Gasteiger partial charge >= 0.3 is 11.9 Å². The number of rotatable bonds is 7. The van der Waals surface area contributed by atoms with E-state index in [9.17, 15) is 18.0 Å². The molecule has 2 rings (SSSR count). The lowest BCUT2D eigenvalue weighted by Gasteiger charge is -2.50. The van der Waals surface area contributed by atoms with Crippen molar-refractivity contribution in [2.24, 2.45) is 0 Å². The Labute approximate surface area is 180 Å². The maximum atomic E-state index is 11.8. The minimum absolute atomic E-state index is 0.0570. The first-order valence-electron chi connectivity index (χ1n) is 8.72. The fraction of sp³-hybridized carbons (Fsp3) is 0.474. The Hall–Kier alpha value is -1.61. The number of carboxylic acids is 2. The van der Waals surface area contributed by atoms with Crippen LogP contribution in [0.25, 0.3) is 0 Å². The highest BCUT2D eigenvalue weighted by atomic mass is 35.5. The molecule has 10 heteroatoms. The van der Waals surface area contributed by atoms with Gasteiger partial charge in [0.15, 0.2) is 0 Å². The second-order valence-corrected chi connectivity index (χ2v) is 10.2. The molecule has 0 aromatic heterocycles. The second-order valence-electron chi connectivity index (χ2n) is 7.22. The predicted octanol–water partition coefficient (Wildman–Crippen LogP) is 3.10. The zero-order valence-corrected chi connectivity index (χ0v) is 18.8. The smallest absolute Gasteiger partial charge is 0.328 e. The van der Waals surface area contributed by atoms with Crippen molar-refractivity contribution in [1.82, 2.24) is 4.90 Å². The van der Waals surface area contributed by atoms with Gasteiger partial charge in [-0.3, -0.25) is 0 Å². The summed E-state index contributed by atoms with van der Waals surface area (Å²) in [4.78, 5) is 21.1. The van der Waals surface area contributed by atoms with Crippen molar-refractivity contribution in [3.05, 3.63) is 46.0 Å². The van der Waals surface area contributed by atoms with Gasteiger partial charge in [0.1, 0.15) is 9.84 Å². The number of aliphatic carboxylic acids is 2. The number of likely N-dealkylation sites (N-methyl/N-ethyl adjacent to an activating group) is 1. The van der Waals surface area contributed by atoms with Crippen molar-refractivity contribution >= 4 is 45.0 Å². The zero-order valence-electron chi connectivity index (χ0n) is 16.4. The summed E-state index contributed by atoms with van der Waals surface area (Å²) in [6, 6.07) is 5.61. The summed E-state index contributed by atoms with van der Waals surface area (Å²) >= 11 is 12.2. The molecule has 2 N–H and O–H groups in total. The summed E-state index contributed by atoms with van der Waals surface area (Å²) in [5.41, 5.74) is 0.936. The number of halogens is 2. The molecule has 7 nitrogen and oxygen atoms in total. The number of nitrogens with zero attached hydrogens (tertiary/aromatic N) is 1. The summed E-state index contributed by atoms with van der Waals surface area (Å²) in [7, 11) is 0.821. The molecule has 0 heterocycles. The molecule has 0 saturated heterocycles. The monoisotopic (exact) mass is 465 g/mol. The molecule has 1 unspecified atom stereocenters. The summed E-state index contributed by atoms with van der Waals surface area (Å²) in [5, 5.41) is 16.7. The quantitative estimate of drug-likeness (QED) is 0.594. The first-order chi connectivity index (χ1) is 13.3. The minimum atomic E-state index is -3.05. The first kappa shape index (κ1) is 25.4. The fourth-order valence-corrected chi connectivity index (χ4v) is 4.90. The van der Waals surface area contributed by atoms with E-state index in [1.54, 1.807) is 6.07 Å². The van der Waals surface area contributed by atoms with Crippen molar-refractivity contribution in [3.8, 4) is 0 Å². The van der Waals surface area contributed by atoms with Crippen LogP contribution in [0, 0.1) is 0 Å². The maximum absolute atomic E-state index is 11.8. The van der Waals surface area contributed by atoms with E-state index in [1.165, 1.54) is 6.26 Å². The van der Waals surface area contributed by atoms with Crippen molar-refractivity contribution in [1.29, 1.82) is 0 Å². The summed E-state index contributed by atoms with van der Waals surface area (Å²) in [5.74, 6) is -2.36. The largest absolute Gasteiger partial charge is 0.478 e. The lowest BCUT2D eigenvalue weighted by atomic mass is 9.60. The van der Waals surface area contributed by atoms with Crippen molar-refractivity contribution in [3.63, 3.8) is 0 Å². The summed E-state index contributed by atoms with van der Waals surface area (Å²) in [6.45, 7) is 0. The van der Waals surface area contributed by atoms with Gasteiger partial charge in [0, 0.05) is 29.9 Å². The SMILES string of the molecule is CN(C)C(CS(C)(=O)=O)C1(c2ccc(Cl)c(Cl)c2)CCC1.O=C(O)/C=C\C(=O)O. The highest BCUT2D eigenvalue weighted by Gasteiger charge is 2.47. The Morgan fingerprint density at radius 3 is 1.97 bits per heavy atom. The summed E-state index contributed by atoms with van der Waals surface area (Å²) < 4.78 is 23.6. The molecule has 0 spiro atoms.